The Labute approximate surface area is 205 Å². The number of aromatic amines is 1. The van der Waals surface area contributed by atoms with Crippen LogP contribution in [0.15, 0.2) is 22.2 Å². The zero-order valence-corrected chi connectivity index (χ0v) is 24.3. The predicted molar refractivity (Wildman–Crippen MR) is 126 cm³/mol. The van der Waals surface area contributed by atoms with Gasteiger partial charge in [0.1, 0.15) is 0 Å². The van der Waals surface area contributed by atoms with Crippen LogP contribution in [0.3, 0.4) is 0 Å². The first-order valence-electron chi connectivity index (χ1n) is 8.66. The van der Waals surface area contributed by atoms with Gasteiger partial charge in [0, 0.05) is 0 Å². The van der Waals surface area contributed by atoms with E-state index in [1.807, 2.05) is 0 Å². The van der Waals surface area contributed by atoms with E-state index in [9.17, 15) is 4.79 Å². The van der Waals surface area contributed by atoms with Crippen LogP contribution >= 0.6 is 40.6 Å². The van der Waals surface area contributed by atoms with Gasteiger partial charge in [-0.05, 0) is 0 Å². The van der Waals surface area contributed by atoms with Crippen LogP contribution in [0.2, 0.25) is 0 Å². The summed E-state index contributed by atoms with van der Waals surface area (Å²) in [4.78, 5) is 28.1. The number of imidazole rings is 1. The van der Waals surface area contributed by atoms with Crippen molar-refractivity contribution in [2.24, 2.45) is 4.99 Å². The van der Waals surface area contributed by atoms with Crippen LogP contribution in [0.1, 0.15) is 30.9 Å². The molecule has 2 aromatic heterocycles. The Kier molecular flexibility index (Phi) is 7.38. The maximum Gasteiger partial charge on any atom is 2.00 e. The standard InChI is InChI=1S/C18H22I2N6O.U/c1-5-20(6-2)15-12-14(26-8-7-23-18(3,4)16(26)24-12)19-13(25-15)11-9-21-17(27)22-10-11;/h9-10,23H,1-2,5-8H2,3-4H3,(H,21,22,27);/q-2;+2. The Morgan fingerprint density at radius 3 is 2.75 bits per heavy atom. The quantitative estimate of drug-likeness (QED) is 0.281. The molecule has 10 heteroatoms. The zero-order chi connectivity index (χ0) is 19.2. The van der Waals surface area contributed by atoms with Crippen molar-refractivity contribution in [3.63, 3.8) is 0 Å². The monoisotopic (exact) mass is 830 g/mol. The van der Waals surface area contributed by atoms with Gasteiger partial charge < -0.3 is 0 Å². The van der Waals surface area contributed by atoms with Crippen LogP contribution in [-0.4, -0.2) is 42.3 Å². The van der Waals surface area contributed by atoms with E-state index in [0.29, 0.717) is 0 Å². The first kappa shape index (κ1) is 22.8. The summed E-state index contributed by atoms with van der Waals surface area (Å²) >= 11 is -2.12. The number of hydrogen-bond acceptors (Lipinski definition) is 5. The average Bonchev–Trinajstić information content (AvgIpc) is 3.04. The van der Waals surface area contributed by atoms with Gasteiger partial charge >= 0.3 is 208 Å². The van der Waals surface area contributed by atoms with Gasteiger partial charge in [0.15, 0.2) is 0 Å². The third-order valence-corrected chi connectivity index (χ3v) is 12.3. The van der Waals surface area contributed by atoms with Crippen LogP contribution in [0, 0.1) is 48.7 Å². The molecule has 0 radical (unpaired) electrons. The molecule has 0 fully saturated rings. The van der Waals surface area contributed by atoms with Crippen molar-refractivity contribution < 1.29 is 31.1 Å². The number of hydrogen-bond donors (Lipinski definition) is 2. The van der Waals surface area contributed by atoms with Crippen molar-refractivity contribution in [2.45, 2.75) is 25.9 Å². The van der Waals surface area contributed by atoms with Crippen molar-refractivity contribution in [1.29, 1.82) is 0 Å². The van der Waals surface area contributed by atoms with Crippen LogP contribution in [0.25, 0.3) is 0 Å². The molecule has 0 aromatic carbocycles. The van der Waals surface area contributed by atoms with Crippen LogP contribution in [-0.2, 0) is 12.1 Å². The smallest absolute Gasteiger partial charge is 2.00 e. The number of nitrogens with one attached hydrogen (secondary N) is 2. The molecule has 0 bridgehead atoms. The summed E-state index contributed by atoms with van der Waals surface area (Å²) in [6.45, 7) is 14.6. The van der Waals surface area contributed by atoms with E-state index in [-0.39, 0.29) is 42.3 Å². The molecule has 0 saturated carbocycles. The van der Waals surface area contributed by atoms with Crippen LogP contribution < -0.4 is 11.0 Å². The Morgan fingerprint density at radius 2 is 2.11 bits per heavy atom. The van der Waals surface area contributed by atoms with Gasteiger partial charge in [0.05, 0.1) is 0 Å². The predicted octanol–water partition coefficient (Wildman–Crippen LogP) is 2.06. The molecule has 7 nitrogen and oxygen atoms in total. The van der Waals surface area contributed by atoms with Crippen LogP contribution in [0.5, 0.6) is 0 Å². The average molecular weight is 830 g/mol. The summed E-state index contributed by atoms with van der Waals surface area (Å²) in [5.41, 5.74) is 1.50. The molecule has 2 aliphatic rings. The van der Waals surface area contributed by atoms with Gasteiger partial charge in [0.2, 0.25) is 0 Å². The van der Waals surface area contributed by atoms with Crippen molar-refractivity contribution in [3.8, 4) is 0 Å². The fourth-order valence-corrected chi connectivity index (χ4v) is 10.2. The normalized spacial score (nSPS) is 17.9. The largest absolute Gasteiger partial charge is 2.00 e. The van der Waals surface area contributed by atoms with Gasteiger partial charge in [-0.25, -0.2) is 0 Å². The number of halogens is 2. The summed E-state index contributed by atoms with van der Waals surface area (Å²) < 4.78 is 7.66. The molecule has 0 amide bonds. The van der Waals surface area contributed by atoms with Gasteiger partial charge in [-0.3, -0.25) is 0 Å². The minimum Gasteiger partial charge on any atom is 2.00 e. The fraction of sp³-hybridized carbons (Fsp3) is 0.389. The molecule has 4 rings (SSSR count). The van der Waals surface area contributed by atoms with E-state index in [0.717, 1.165) is 46.4 Å². The summed E-state index contributed by atoms with van der Waals surface area (Å²) in [7, 11) is 0. The van der Waals surface area contributed by atoms with E-state index < -0.39 is 40.6 Å². The minimum absolute atomic E-state index is 0. The second-order valence-electron chi connectivity index (χ2n) is 6.71. The minimum atomic E-state index is -1.60. The number of H-pyrrole nitrogens is 1. The molecule has 2 N–H and O–H groups in total. The van der Waals surface area contributed by atoms with E-state index >= 15 is 0 Å². The number of fused-ring (bicyclic) bond motifs is 3. The van der Waals surface area contributed by atoms with E-state index in [1.165, 1.54) is 3.70 Å². The van der Waals surface area contributed by atoms with E-state index in [2.05, 4.69) is 47.5 Å². The van der Waals surface area contributed by atoms with Gasteiger partial charge in [-0.2, -0.15) is 0 Å². The topological polar surface area (TPSA) is 88.0 Å². The molecule has 0 unspecified atom stereocenters. The maximum atomic E-state index is 11.4. The Hall–Kier alpha value is 0.102. The van der Waals surface area contributed by atoms with Gasteiger partial charge in [0.25, 0.3) is 0 Å². The first-order valence-corrected chi connectivity index (χ1v) is 15.0. The molecule has 4 heterocycles. The van der Waals surface area contributed by atoms with Gasteiger partial charge in [-0.1, -0.05) is 0 Å². The summed E-state index contributed by atoms with van der Waals surface area (Å²) in [5.74, 6) is 1.09. The number of aliphatic imine (C=N–C) groups is 1. The molecular formula is C18H22I2N6OU. The Balaban J connectivity index is 0.00000225. The fourth-order valence-electron chi connectivity index (χ4n) is 3.18. The molecule has 0 aliphatic carbocycles. The molecule has 2 aromatic rings. The Morgan fingerprint density at radius 1 is 1.36 bits per heavy atom. The third kappa shape index (κ3) is 4.13. The van der Waals surface area contributed by atoms with Gasteiger partial charge in [-0.15, -0.1) is 0 Å². The molecule has 2 aliphatic heterocycles. The molecule has 0 saturated heterocycles. The molecule has 0 atom stereocenters. The molecule has 28 heavy (non-hydrogen) atoms. The summed E-state index contributed by atoms with van der Waals surface area (Å²) in [6.07, 6.45) is 3.36. The SMILES string of the molecule is [CH2-]CI(C[CH2-])C1=NC(c2cnc(=O)[nH]c2)=Ic2c1nc1n2CCNC1(C)C.[U+2]. The Bertz CT molecular complexity index is 985. The zero-order valence-electron chi connectivity index (χ0n) is 15.9. The molecule has 148 valence electrons. The first-order chi connectivity index (χ1) is 12.9. The third-order valence-electron chi connectivity index (χ3n) is 4.56. The van der Waals surface area contributed by atoms with E-state index in [4.69, 9.17) is 9.98 Å². The molecule has 0 spiro atoms. The summed E-state index contributed by atoms with van der Waals surface area (Å²) in [5, 5.41) is 3.57. The van der Waals surface area contributed by atoms with Crippen molar-refractivity contribution in [3.05, 3.63) is 57.5 Å². The number of rotatable bonds is 4. The number of alkyl halides is 2. The van der Waals surface area contributed by atoms with Crippen molar-refractivity contribution >= 4 is 47.9 Å². The number of nitrogens with zero attached hydrogens (tertiary/aromatic N) is 4. The summed E-state index contributed by atoms with van der Waals surface area (Å²) in [6, 6.07) is 0. The second-order valence-corrected chi connectivity index (χ2v) is 15.1. The van der Waals surface area contributed by atoms with Crippen molar-refractivity contribution in [1.82, 2.24) is 24.8 Å². The molecular weight excluding hydrogens is 808 g/mol. The maximum absolute atomic E-state index is 11.4. The number of aromatic nitrogens is 4. The van der Waals surface area contributed by atoms with Crippen LogP contribution in [0.4, 0.5) is 0 Å². The van der Waals surface area contributed by atoms with Crippen molar-refractivity contribution in [2.75, 3.05) is 15.4 Å². The van der Waals surface area contributed by atoms with E-state index in [1.54, 1.807) is 12.4 Å². The second kappa shape index (κ2) is 9.08.